The van der Waals surface area contributed by atoms with E-state index in [9.17, 15) is 23.1 Å². The third-order valence-corrected chi connectivity index (χ3v) is 4.91. The van der Waals surface area contributed by atoms with Crippen molar-refractivity contribution in [2.75, 3.05) is 0 Å². The lowest BCUT2D eigenvalue weighted by Crippen LogP contribution is -2.61. The van der Waals surface area contributed by atoms with Crippen LogP contribution in [0.1, 0.15) is 42.5 Å². The monoisotopic (exact) mass is 360 g/mol. The molecule has 1 heterocycles. The number of halogens is 4. The lowest BCUT2D eigenvalue weighted by molar-refractivity contribution is -0.312. The first-order valence-electron chi connectivity index (χ1n) is 7.72. The van der Waals surface area contributed by atoms with Gasteiger partial charge in [0, 0.05) is 5.71 Å². The molecule has 1 saturated carbocycles. The van der Waals surface area contributed by atoms with Gasteiger partial charge in [-0.1, -0.05) is 36.6 Å². The van der Waals surface area contributed by atoms with Crippen molar-refractivity contribution in [2.45, 2.75) is 44.0 Å². The Bertz CT molecular complexity index is 692. The van der Waals surface area contributed by atoms with Crippen molar-refractivity contribution in [3.63, 3.8) is 0 Å². The summed E-state index contributed by atoms with van der Waals surface area (Å²) in [6.07, 6.45) is -2.52. The molecule has 1 N–H and O–H groups in total. The Balaban J connectivity index is 2.07. The van der Waals surface area contributed by atoms with E-state index in [0.717, 1.165) is 6.42 Å². The lowest BCUT2D eigenvalue weighted by atomic mass is 9.87. The minimum absolute atomic E-state index is 0.0133. The number of alkyl halides is 3. The van der Waals surface area contributed by atoms with Gasteiger partial charge in [0.15, 0.2) is 0 Å². The molecule has 0 aromatic heterocycles. The van der Waals surface area contributed by atoms with Gasteiger partial charge in [-0.15, -0.1) is 0 Å². The molecule has 1 aliphatic heterocycles. The van der Waals surface area contributed by atoms with Gasteiger partial charge in [-0.2, -0.15) is 23.3 Å². The number of aliphatic hydroxyl groups is 1. The Hall–Kier alpha value is -1.60. The summed E-state index contributed by atoms with van der Waals surface area (Å²) < 4.78 is 41.2. The Morgan fingerprint density at radius 1 is 1.29 bits per heavy atom. The molecular formula is C16H16ClF3N2O2. The highest BCUT2D eigenvalue weighted by Gasteiger charge is 2.68. The molecule has 0 radical (unpaired) electrons. The van der Waals surface area contributed by atoms with Gasteiger partial charge in [-0.3, -0.25) is 4.79 Å². The quantitative estimate of drug-likeness (QED) is 0.823. The fourth-order valence-electron chi connectivity index (χ4n) is 3.34. The minimum Gasteiger partial charge on any atom is -0.362 e. The zero-order valence-corrected chi connectivity index (χ0v) is 13.4. The summed E-state index contributed by atoms with van der Waals surface area (Å²) in [5, 5.41) is 14.6. The van der Waals surface area contributed by atoms with E-state index in [1.54, 1.807) is 6.07 Å². The van der Waals surface area contributed by atoms with Gasteiger partial charge in [-0.05, 0) is 31.4 Å². The number of nitrogens with zero attached hydrogens (tertiary/aromatic N) is 2. The van der Waals surface area contributed by atoms with E-state index in [-0.39, 0.29) is 27.7 Å². The van der Waals surface area contributed by atoms with Crippen molar-refractivity contribution in [2.24, 2.45) is 11.0 Å². The number of amides is 1. The molecule has 2 unspecified atom stereocenters. The van der Waals surface area contributed by atoms with Gasteiger partial charge in [0.05, 0.1) is 16.5 Å². The predicted molar refractivity (Wildman–Crippen MR) is 82.6 cm³/mol. The van der Waals surface area contributed by atoms with Gasteiger partial charge in [-0.25, -0.2) is 0 Å². The van der Waals surface area contributed by atoms with Crippen molar-refractivity contribution >= 4 is 23.2 Å². The van der Waals surface area contributed by atoms with Crippen molar-refractivity contribution < 1.29 is 23.1 Å². The highest BCUT2D eigenvalue weighted by atomic mass is 35.5. The highest BCUT2D eigenvalue weighted by molar-refractivity contribution is 6.33. The van der Waals surface area contributed by atoms with Crippen molar-refractivity contribution in [3.8, 4) is 0 Å². The fourth-order valence-corrected chi connectivity index (χ4v) is 3.56. The molecule has 1 fully saturated rings. The van der Waals surface area contributed by atoms with Crippen LogP contribution in [0.15, 0.2) is 29.4 Å². The first kappa shape index (κ1) is 17.2. The largest absolute Gasteiger partial charge is 0.439 e. The lowest BCUT2D eigenvalue weighted by Gasteiger charge is -2.37. The van der Waals surface area contributed by atoms with E-state index >= 15 is 0 Å². The second kappa shape index (κ2) is 6.04. The summed E-state index contributed by atoms with van der Waals surface area (Å²) in [7, 11) is 0. The van der Waals surface area contributed by atoms with Crippen LogP contribution in [-0.4, -0.2) is 33.6 Å². The van der Waals surface area contributed by atoms with E-state index in [1.165, 1.54) is 18.2 Å². The summed E-state index contributed by atoms with van der Waals surface area (Å²) in [4.78, 5) is 12.6. The number of carbonyl (C=O) groups excluding carboxylic acids is 1. The maximum Gasteiger partial charge on any atom is 0.439 e. The second-order valence-electron chi connectivity index (χ2n) is 6.06. The molecule has 4 nitrogen and oxygen atoms in total. The number of rotatable bonds is 1. The average molecular weight is 361 g/mol. The standard InChI is InChI=1S/C16H16ClF3N2O2/c17-12-8-5-4-6-10(12)14(23)22-15(24,16(18,19)20)11-7-2-1-3-9-13(11)21-22/h4-6,8,11,24H,1-3,7,9H2. The van der Waals surface area contributed by atoms with Crippen LogP contribution < -0.4 is 0 Å². The molecule has 1 amide bonds. The van der Waals surface area contributed by atoms with E-state index in [0.29, 0.717) is 19.3 Å². The molecule has 0 spiro atoms. The summed E-state index contributed by atoms with van der Waals surface area (Å²) in [6, 6.07) is 5.78. The maximum absolute atomic E-state index is 13.7. The predicted octanol–water partition coefficient (Wildman–Crippen LogP) is 3.98. The van der Waals surface area contributed by atoms with Crippen LogP contribution in [0.25, 0.3) is 0 Å². The molecule has 3 rings (SSSR count). The third kappa shape index (κ3) is 2.59. The normalized spacial score (nSPS) is 27.5. The Morgan fingerprint density at radius 2 is 2.00 bits per heavy atom. The van der Waals surface area contributed by atoms with E-state index in [4.69, 9.17) is 11.6 Å². The van der Waals surface area contributed by atoms with E-state index in [1.807, 2.05) is 0 Å². The fraction of sp³-hybridized carbons (Fsp3) is 0.500. The molecular weight excluding hydrogens is 345 g/mol. The maximum atomic E-state index is 13.7. The number of carbonyl (C=O) groups is 1. The number of hydrazone groups is 1. The molecule has 0 bridgehead atoms. The Morgan fingerprint density at radius 3 is 2.67 bits per heavy atom. The number of fused-ring (bicyclic) bond motifs is 1. The topological polar surface area (TPSA) is 52.9 Å². The summed E-state index contributed by atoms with van der Waals surface area (Å²) in [6.45, 7) is 0. The highest BCUT2D eigenvalue weighted by Crippen LogP contribution is 2.48. The average Bonchev–Trinajstić information content (AvgIpc) is 2.68. The molecule has 0 saturated heterocycles. The molecule has 24 heavy (non-hydrogen) atoms. The first-order chi connectivity index (χ1) is 11.3. The van der Waals surface area contributed by atoms with Crippen molar-refractivity contribution in [1.82, 2.24) is 5.01 Å². The number of hydrogen-bond acceptors (Lipinski definition) is 3. The zero-order valence-electron chi connectivity index (χ0n) is 12.7. The number of hydrogen-bond donors (Lipinski definition) is 1. The van der Waals surface area contributed by atoms with Crippen LogP contribution in [0.3, 0.4) is 0 Å². The van der Waals surface area contributed by atoms with Gasteiger partial charge in [0.1, 0.15) is 0 Å². The molecule has 8 heteroatoms. The van der Waals surface area contributed by atoms with Crippen LogP contribution in [0.5, 0.6) is 0 Å². The smallest absolute Gasteiger partial charge is 0.362 e. The van der Waals surface area contributed by atoms with E-state index in [2.05, 4.69) is 5.10 Å². The van der Waals surface area contributed by atoms with Crippen LogP contribution in [0.2, 0.25) is 5.02 Å². The van der Waals surface area contributed by atoms with Gasteiger partial charge >= 0.3 is 6.18 Å². The summed E-state index contributed by atoms with van der Waals surface area (Å²) >= 11 is 5.93. The molecule has 1 aliphatic carbocycles. The third-order valence-electron chi connectivity index (χ3n) is 4.58. The van der Waals surface area contributed by atoms with Crippen LogP contribution in [0.4, 0.5) is 13.2 Å². The molecule has 2 aliphatic rings. The molecule has 1 aromatic carbocycles. The summed E-state index contributed by atoms with van der Waals surface area (Å²) in [5.41, 5.74) is -3.22. The van der Waals surface area contributed by atoms with Gasteiger partial charge < -0.3 is 5.11 Å². The zero-order chi connectivity index (χ0) is 17.5. The first-order valence-corrected chi connectivity index (χ1v) is 8.10. The second-order valence-corrected chi connectivity index (χ2v) is 6.47. The Labute approximate surface area is 141 Å². The van der Waals surface area contributed by atoms with Crippen molar-refractivity contribution in [1.29, 1.82) is 0 Å². The molecule has 130 valence electrons. The minimum atomic E-state index is -5.02. The summed E-state index contributed by atoms with van der Waals surface area (Å²) in [5.74, 6) is -2.28. The van der Waals surface area contributed by atoms with Crippen LogP contribution >= 0.6 is 11.6 Å². The molecule has 2 atom stereocenters. The number of benzene rings is 1. The SMILES string of the molecule is O=C(c1ccccc1Cl)N1N=C2CCCCCC2C1(O)C(F)(F)F. The van der Waals surface area contributed by atoms with Crippen LogP contribution in [0, 0.1) is 5.92 Å². The Kier molecular flexibility index (Phi) is 4.34. The van der Waals surface area contributed by atoms with Gasteiger partial charge in [0.25, 0.3) is 11.6 Å². The molecule has 1 aromatic rings. The van der Waals surface area contributed by atoms with E-state index < -0.39 is 23.7 Å². The van der Waals surface area contributed by atoms with Crippen molar-refractivity contribution in [3.05, 3.63) is 34.9 Å². The van der Waals surface area contributed by atoms with Crippen LogP contribution in [-0.2, 0) is 0 Å². The van der Waals surface area contributed by atoms with Gasteiger partial charge in [0.2, 0.25) is 0 Å².